The van der Waals surface area contributed by atoms with E-state index in [1.54, 1.807) is 16.2 Å². The highest BCUT2D eigenvalue weighted by Crippen LogP contribution is 2.36. The number of carboxylic acid groups (broad SMARTS) is 1. The van der Waals surface area contributed by atoms with Crippen LogP contribution in [0.4, 0.5) is 0 Å². The van der Waals surface area contributed by atoms with Crippen LogP contribution in [0.5, 0.6) is 0 Å². The van der Waals surface area contributed by atoms with Crippen LogP contribution < -0.4 is 0 Å². The van der Waals surface area contributed by atoms with Crippen LogP contribution in [0.1, 0.15) is 42.0 Å². The van der Waals surface area contributed by atoms with Gasteiger partial charge in [-0.3, -0.25) is 9.59 Å². The number of hydrogen-bond acceptors (Lipinski definition) is 3. The van der Waals surface area contributed by atoms with Crippen molar-refractivity contribution in [1.82, 2.24) is 4.90 Å². The van der Waals surface area contributed by atoms with Gasteiger partial charge in [-0.25, -0.2) is 0 Å². The van der Waals surface area contributed by atoms with Gasteiger partial charge < -0.3 is 10.0 Å². The van der Waals surface area contributed by atoms with Gasteiger partial charge in [0.2, 0.25) is 5.91 Å². The second-order valence-corrected chi connectivity index (χ2v) is 6.71. The molecular weight excluding hydrogens is 274 g/mol. The summed E-state index contributed by atoms with van der Waals surface area (Å²) in [7, 11) is 0. The maximum absolute atomic E-state index is 12.7. The van der Waals surface area contributed by atoms with Crippen molar-refractivity contribution in [1.29, 1.82) is 0 Å². The Bertz CT molecular complexity index is 525. The SMILES string of the molecule is O=C(O)[C@@H]1CCCN(C(=O)[C@@H]2CCCc3sccc32)C1. The zero-order chi connectivity index (χ0) is 14.1. The molecule has 2 heterocycles. The lowest BCUT2D eigenvalue weighted by atomic mass is 9.86. The number of nitrogens with zero attached hydrogens (tertiary/aromatic N) is 1. The van der Waals surface area contributed by atoms with Crippen molar-refractivity contribution in [2.24, 2.45) is 5.92 Å². The molecule has 4 nitrogen and oxygen atoms in total. The van der Waals surface area contributed by atoms with Gasteiger partial charge in [-0.15, -0.1) is 11.3 Å². The molecule has 1 aliphatic carbocycles. The fraction of sp³-hybridized carbons (Fsp3) is 0.600. The van der Waals surface area contributed by atoms with E-state index in [-0.39, 0.29) is 11.8 Å². The number of carboxylic acids is 1. The van der Waals surface area contributed by atoms with E-state index in [4.69, 9.17) is 5.11 Å². The Kier molecular flexibility index (Phi) is 3.78. The molecule has 5 heteroatoms. The Labute approximate surface area is 122 Å². The van der Waals surface area contributed by atoms with E-state index in [1.165, 1.54) is 10.4 Å². The van der Waals surface area contributed by atoms with Crippen LogP contribution in [0, 0.1) is 5.92 Å². The van der Waals surface area contributed by atoms with Crippen molar-refractivity contribution in [3.8, 4) is 0 Å². The van der Waals surface area contributed by atoms with E-state index in [0.717, 1.165) is 25.7 Å². The van der Waals surface area contributed by atoms with Crippen LogP contribution in [0.25, 0.3) is 0 Å². The van der Waals surface area contributed by atoms with Gasteiger partial charge in [0.25, 0.3) is 0 Å². The van der Waals surface area contributed by atoms with E-state index in [0.29, 0.717) is 19.5 Å². The van der Waals surface area contributed by atoms with E-state index in [2.05, 4.69) is 11.4 Å². The largest absolute Gasteiger partial charge is 0.481 e. The number of thiophene rings is 1. The third-order valence-electron chi connectivity index (χ3n) is 4.43. The van der Waals surface area contributed by atoms with Gasteiger partial charge in [-0.05, 0) is 49.1 Å². The fourth-order valence-electron chi connectivity index (χ4n) is 3.34. The number of hydrogen-bond donors (Lipinski definition) is 1. The number of piperidine rings is 1. The van der Waals surface area contributed by atoms with Crippen LogP contribution in [0.3, 0.4) is 0 Å². The van der Waals surface area contributed by atoms with Crippen LogP contribution >= 0.6 is 11.3 Å². The minimum absolute atomic E-state index is 0.0439. The van der Waals surface area contributed by atoms with Crippen LogP contribution in [0.15, 0.2) is 11.4 Å². The first-order valence-electron chi connectivity index (χ1n) is 7.24. The minimum Gasteiger partial charge on any atom is -0.481 e. The number of fused-ring (bicyclic) bond motifs is 1. The molecule has 1 saturated heterocycles. The maximum atomic E-state index is 12.7. The zero-order valence-corrected chi connectivity index (χ0v) is 12.2. The minimum atomic E-state index is -0.776. The number of carbonyl (C=O) groups excluding carboxylic acids is 1. The summed E-state index contributed by atoms with van der Waals surface area (Å²) in [6.45, 7) is 1.09. The first kappa shape index (κ1) is 13.6. The van der Waals surface area contributed by atoms with Crippen molar-refractivity contribution in [2.45, 2.75) is 38.0 Å². The fourth-order valence-corrected chi connectivity index (χ4v) is 4.33. The van der Waals surface area contributed by atoms with E-state index in [9.17, 15) is 9.59 Å². The van der Waals surface area contributed by atoms with Gasteiger partial charge in [0.15, 0.2) is 0 Å². The zero-order valence-electron chi connectivity index (χ0n) is 11.4. The molecule has 0 aromatic carbocycles. The molecule has 0 spiro atoms. The number of likely N-dealkylation sites (tertiary alicyclic amines) is 1. The first-order valence-corrected chi connectivity index (χ1v) is 8.12. The highest BCUT2D eigenvalue weighted by Gasteiger charge is 2.34. The monoisotopic (exact) mass is 293 g/mol. The molecule has 3 rings (SSSR count). The van der Waals surface area contributed by atoms with Crippen molar-refractivity contribution < 1.29 is 14.7 Å². The summed E-state index contributed by atoms with van der Waals surface area (Å²) in [5.41, 5.74) is 1.18. The van der Waals surface area contributed by atoms with Crippen molar-refractivity contribution in [3.05, 3.63) is 21.9 Å². The average Bonchev–Trinajstić information content (AvgIpc) is 2.95. The maximum Gasteiger partial charge on any atom is 0.308 e. The summed E-state index contributed by atoms with van der Waals surface area (Å²) in [6, 6.07) is 2.07. The molecular formula is C15H19NO3S. The van der Waals surface area contributed by atoms with E-state index < -0.39 is 11.9 Å². The molecule has 0 bridgehead atoms. The molecule has 108 valence electrons. The molecule has 0 unspecified atom stereocenters. The van der Waals surface area contributed by atoms with Crippen molar-refractivity contribution >= 4 is 23.2 Å². The van der Waals surface area contributed by atoms with Gasteiger partial charge in [-0.2, -0.15) is 0 Å². The molecule has 20 heavy (non-hydrogen) atoms. The summed E-state index contributed by atoms with van der Waals surface area (Å²) in [5, 5.41) is 11.2. The van der Waals surface area contributed by atoms with E-state index in [1.807, 2.05) is 0 Å². The third kappa shape index (κ3) is 2.46. The molecule has 0 radical (unpaired) electrons. The highest BCUT2D eigenvalue weighted by atomic mass is 32.1. The van der Waals surface area contributed by atoms with Crippen LogP contribution in [-0.2, 0) is 16.0 Å². The Balaban J connectivity index is 1.75. The number of carbonyl (C=O) groups is 2. The second-order valence-electron chi connectivity index (χ2n) is 5.71. The highest BCUT2D eigenvalue weighted by molar-refractivity contribution is 7.10. The summed E-state index contributed by atoms with van der Waals surface area (Å²) >= 11 is 1.73. The molecule has 1 fully saturated rings. The predicted molar refractivity (Wildman–Crippen MR) is 76.9 cm³/mol. The van der Waals surface area contributed by atoms with Crippen molar-refractivity contribution in [3.63, 3.8) is 0 Å². The van der Waals surface area contributed by atoms with E-state index >= 15 is 0 Å². The quantitative estimate of drug-likeness (QED) is 0.911. The smallest absolute Gasteiger partial charge is 0.308 e. The summed E-state index contributed by atoms with van der Waals surface area (Å²) in [5.74, 6) is -1.08. The first-order chi connectivity index (χ1) is 9.66. The lowest BCUT2D eigenvalue weighted by molar-refractivity contribution is -0.146. The van der Waals surface area contributed by atoms with Gasteiger partial charge in [0.05, 0.1) is 11.8 Å². The number of amides is 1. The molecule has 1 aromatic rings. The van der Waals surface area contributed by atoms with Crippen molar-refractivity contribution in [2.75, 3.05) is 13.1 Å². The van der Waals surface area contributed by atoms with Gasteiger partial charge in [-0.1, -0.05) is 0 Å². The molecule has 2 aliphatic rings. The summed E-state index contributed by atoms with van der Waals surface area (Å²) in [6.07, 6.45) is 4.52. The Hall–Kier alpha value is -1.36. The second kappa shape index (κ2) is 5.56. The molecule has 1 N–H and O–H groups in total. The number of rotatable bonds is 2. The Morgan fingerprint density at radius 3 is 2.95 bits per heavy atom. The normalized spacial score (nSPS) is 26.1. The molecule has 1 aromatic heterocycles. The van der Waals surface area contributed by atoms with Crippen LogP contribution in [0.2, 0.25) is 0 Å². The Morgan fingerprint density at radius 2 is 2.15 bits per heavy atom. The lowest BCUT2D eigenvalue weighted by Crippen LogP contribution is -2.44. The Morgan fingerprint density at radius 1 is 1.30 bits per heavy atom. The summed E-state index contributed by atoms with van der Waals surface area (Å²) in [4.78, 5) is 27.0. The molecule has 1 amide bonds. The van der Waals surface area contributed by atoms with Gasteiger partial charge >= 0.3 is 5.97 Å². The average molecular weight is 293 g/mol. The molecule has 1 aliphatic heterocycles. The molecule has 0 saturated carbocycles. The predicted octanol–water partition coefficient (Wildman–Crippen LogP) is 2.49. The third-order valence-corrected chi connectivity index (χ3v) is 5.43. The standard InChI is InChI=1S/C15H19NO3S/c17-14(16-7-2-3-10(9-16)15(18)19)12-4-1-5-13-11(12)6-8-20-13/h6,8,10,12H,1-5,7,9H2,(H,18,19)/t10-,12-/m1/s1. The van der Waals surface area contributed by atoms with Gasteiger partial charge in [0, 0.05) is 18.0 Å². The topological polar surface area (TPSA) is 57.6 Å². The number of aliphatic carboxylic acids is 1. The number of aryl methyl sites for hydroxylation is 1. The van der Waals surface area contributed by atoms with Gasteiger partial charge in [0.1, 0.15) is 0 Å². The summed E-state index contributed by atoms with van der Waals surface area (Å²) < 4.78 is 0. The lowest BCUT2D eigenvalue weighted by Gasteiger charge is -2.34. The van der Waals surface area contributed by atoms with Crippen LogP contribution in [-0.4, -0.2) is 35.0 Å². The molecule has 2 atom stereocenters.